The molecule has 2 aromatic carbocycles. The molecule has 9 heteroatoms. The number of halogens is 1. The average molecular weight is 446 g/mol. The van der Waals surface area contributed by atoms with Crippen LogP contribution in [0.1, 0.15) is 22.0 Å². The first-order valence-electron chi connectivity index (χ1n) is 10.2. The van der Waals surface area contributed by atoms with Crippen LogP contribution < -0.4 is 10.2 Å². The lowest BCUT2D eigenvalue weighted by Gasteiger charge is -2.38. The molecule has 0 bridgehead atoms. The topological polar surface area (TPSA) is 82.0 Å². The van der Waals surface area contributed by atoms with Gasteiger partial charge in [-0.15, -0.1) is 0 Å². The van der Waals surface area contributed by atoms with Crippen LogP contribution in [0.2, 0.25) is 5.02 Å². The van der Waals surface area contributed by atoms with Gasteiger partial charge in [0.15, 0.2) is 0 Å². The predicted molar refractivity (Wildman–Crippen MR) is 123 cm³/mol. The highest BCUT2D eigenvalue weighted by molar-refractivity contribution is 6.33. The van der Waals surface area contributed by atoms with Crippen molar-refractivity contribution < 1.29 is 9.72 Å². The number of nitrogens with zero attached hydrogens (tertiary/aromatic N) is 4. The average Bonchev–Trinajstić information content (AvgIpc) is 2.75. The molecule has 0 spiro atoms. The number of rotatable bonds is 7. The van der Waals surface area contributed by atoms with Crippen molar-refractivity contribution in [1.82, 2.24) is 15.1 Å². The van der Waals surface area contributed by atoms with Crippen LogP contribution in [0.15, 0.2) is 42.5 Å². The number of hydrogen-bond donors (Lipinski definition) is 1. The van der Waals surface area contributed by atoms with Gasteiger partial charge in [0.2, 0.25) is 0 Å². The summed E-state index contributed by atoms with van der Waals surface area (Å²) >= 11 is 6.14. The Morgan fingerprint density at radius 3 is 2.39 bits per heavy atom. The standard InChI is InChI=1S/C22H28ClN5O3/c1-25(2)17-6-4-16(5-7-17)21(27-12-10-26(3)11-13-27)15-24-22(29)19-14-18(28(30)31)8-9-20(19)23/h4-9,14,21H,10-13,15H2,1-3H3,(H,24,29). The Morgan fingerprint density at radius 2 is 1.81 bits per heavy atom. The van der Waals surface area contributed by atoms with Crippen molar-refractivity contribution in [3.8, 4) is 0 Å². The second-order valence-corrected chi connectivity index (χ2v) is 8.38. The maximum absolute atomic E-state index is 12.8. The third kappa shape index (κ3) is 5.72. The smallest absolute Gasteiger partial charge is 0.270 e. The zero-order valence-electron chi connectivity index (χ0n) is 18.0. The number of nitro groups is 1. The van der Waals surface area contributed by atoms with Gasteiger partial charge in [-0.2, -0.15) is 0 Å². The van der Waals surface area contributed by atoms with Gasteiger partial charge < -0.3 is 15.1 Å². The van der Waals surface area contributed by atoms with Crippen LogP contribution in [0.4, 0.5) is 11.4 Å². The second-order valence-electron chi connectivity index (χ2n) is 7.97. The number of piperazine rings is 1. The lowest BCUT2D eigenvalue weighted by Crippen LogP contribution is -2.48. The highest BCUT2D eigenvalue weighted by Gasteiger charge is 2.25. The Bertz CT molecular complexity index is 927. The highest BCUT2D eigenvalue weighted by atomic mass is 35.5. The molecule has 31 heavy (non-hydrogen) atoms. The minimum absolute atomic E-state index is 0.00802. The van der Waals surface area contributed by atoms with Crippen molar-refractivity contribution >= 4 is 28.9 Å². The largest absolute Gasteiger partial charge is 0.378 e. The predicted octanol–water partition coefficient (Wildman–Crippen LogP) is 3.03. The van der Waals surface area contributed by atoms with E-state index in [9.17, 15) is 14.9 Å². The van der Waals surface area contributed by atoms with Gasteiger partial charge in [-0.1, -0.05) is 23.7 Å². The van der Waals surface area contributed by atoms with Gasteiger partial charge in [0.1, 0.15) is 0 Å². The number of likely N-dealkylation sites (N-methyl/N-ethyl adjacent to an activating group) is 1. The molecular weight excluding hydrogens is 418 g/mol. The third-order valence-corrected chi connectivity index (χ3v) is 5.96. The number of amides is 1. The monoisotopic (exact) mass is 445 g/mol. The molecule has 1 heterocycles. The maximum atomic E-state index is 12.8. The van der Waals surface area contributed by atoms with Gasteiger partial charge in [-0.3, -0.25) is 19.8 Å². The number of nitrogens with one attached hydrogen (secondary N) is 1. The SMILES string of the molecule is CN1CCN(C(CNC(=O)c2cc([N+](=O)[O-])ccc2Cl)c2ccc(N(C)C)cc2)CC1. The van der Waals surface area contributed by atoms with Crippen molar-refractivity contribution in [1.29, 1.82) is 0 Å². The Balaban J connectivity index is 1.79. The molecule has 3 rings (SSSR count). The quantitative estimate of drug-likeness (QED) is 0.521. The van der Waals surface area contributed by atoms with E-state index in [2.05, 4.69) is 46.4 Å². The molecule has 1 N–H and O–H groups in total. The van der Waals surface area contributed by atoms with Gasteiger partial charge >= 0.3 is 0 Å². The number of non-ortho nitro benzene ring substituents is 1. The zero-order chi connectivity index (χ0) is 22.5. The van der Waals surface area contributed by atoms with Crippen molar-refractivity contribution in [2.45, 2.75) is 6.04 Å². The number of anilines is 1. The Labute approximate surface area is 187 Å². The van der Waals surface area contributed by atoms with E-state index in [0.29, 0.717) is 6.54 Å². The van der Waals surface area contributed by atoms with Crippen LogP contribution in [-0.4, -0.2) is 74.5 Å². The highest BCUT2D eigenvalue weighted by Crippen LogP contribution is 2.25. The zero-order valence-corrected chi connectivity index (χ0v) is 18.8. The van der Waals surface area contributed by atoms with Crippen molar-refractivity contribution in [3.63, 3.8) is 0 Å². The summed E-state index contributed by atoms with van der Waals surface area (Å²) in [6.07, 6.45) is 0. The number of carbonyl (C=O) groups is 1. The molecule has 1 amide bonds. The number of benzene rings is 2. The molecule has 0 radical (unpaired) electrons. The first kappa shape index (κ1) is 23.0. The molecule has 8 nitrogen and oxygen atoms in total. The molecule has 1 atom stereocenters. The summed E-state index contributed by atoms with van der Waals surface area (Å²) in [6, 6.07) is 12.2. The Morgan fingerprint density at radius 1 is 1.16 bits per heavy atom. The van der Waals surface area contributed by atoms with Crippen molar-refractivity contribution in [2.24, 2.45) is 0 Å². The summed E-state index contributed by atoms with van der Waals surface area (Å²) in [6.45, 7) is 4.07. The fourth-order valence-corrected chi connectivity index (χ4v) is 3.87. The van der Waals surface area contributed by atoms with Gasteiger partial charge in [0.05, 0.1) is 21.6 Å². The van der Waals surface area contributed by atoms with Gasteiger partial charge in [0.25, 0.3) is 11.6 Å². The number of hydrogen-bond acceptors (Lipinski definition) is 6. The lowest BCUT2D eigenvalue weighted by atomic mass is 10.0. The van der Waals surface area contributed by atoms with Crippen molar-refractivity contribution in [2.75, 3.05) is 58.8 Å². The molecule has 1 unspecified atom stereocenters. The van der Waals surface area contributed by atoms with E-state index in [4.69, 9.17) is 11.6 Å². The maximum Gasteiger partial charge on any atom is 0.270 e. The van der Waals surface area contributed by atoms with Crippen LogP contribution in [0, 0.1) is 10.1 Å². The van der Waals surface area contributed by atoms with E-state index in [1.165, 1.54) is 18.2 Å². The summed E-state index contributed by atoms with van der Waals surface area (Å²) in [7, 11) is 6.09. The minimum Gasteiger partial charge on any atom is -0.378 e. The summed E-state index contributed by atoms with van der Waals surface area (Å²) < 4.78 is 0. The van der Waals surface area contributed by atoms with E-state index in [1.807, 2.05) is 19.0 Å². The van der Waals surface area contributed by atoms with Gasteiger partial charge in [-0.25, -0.2) is 0 Å². The van der Waals surface area contributed by atoms with E-state index in [-0.39, 0.29) is 22.3 Å². The van der Waals surface area contributed by atoms with E-state index in [1.54, 1.807) is 0 Å². The number of carbonyl (C=O) groups excluding carboxylic acids is 1. The molecule has 0 aromatic heterocycles. The fraction of sp³-hybridized carbons (Fsp3) is 0.409. The van der Waals surface area contributed by atoms with Crippen LogP contribution in [0.25, 0.3) is 0 Å². The summed E-state index contributed by atoms with van der Waals surface area (Å²) in [5.41, 5.74) is 2.16. The van der Waals surface area contributed by atoms with Crippen LogP contribution in [-0.2, 0) is 0 Å². The fourth-order valence-electron chi connectivity index (χ4n) is 3.67. The molecule has 1 aliphatic rings. The molecule has 1 aliphatic heterocycles. The lowest BCUT2D eigenvalue weighted by molar-refractivity contribution is -0.384. The van der Waals surface area contributed by atoms with Crippen LogP contribution >= 0.6 is 11.6 Å². The van der Waals surface area contributed by atoms with E-state index in [0.717, 1.165) is 37.4 Å². The summed E-state index contributed by atoms with van der Waals surface area (Å²) in [4.78, 5) is 30.0. The van der Waals surface area contributed by atoms with Crippen LogP contribution in [0.5, 0.6) is 0 Å². The Hall–Kier alpha value is -2.68. The summed E-state index contributed by atoms with van der Waals surface area (Å²) in [5, 5.41) is 14.2. The van der Waals surface area contributed by atoms with E-state index < -0.39 is 10.8 Å². The van der Waals surface area contributed by atoms with E-state index >= 15 is 0 Å². The van der Waals surface area contributed by atoms with Crippen molar-refractivity contribution in [3.05, 3.63) is 68.7 Å². The minimum atomic E-state index is -0.535. The van der Waals surface area contributed by atoms with Crippen LogP contribution in [0.3, 0.4) is 0 Å². The molecule has 2 aromatic rings. The molecular formula is C22H28ClN5O3. The first-order valence-corrected chi connectivity index (χ1v) is 10.6. The third-order valence-electron chi connectivity index (χ3n) is 5.63. The Kier molecular flexibility index (Phi) is 7.48. The normalized spacial score (nSPS) is 16.0. The van der Waals surface area contributed by atoms with Gasteiger partial charge in [-0.05, 0) is 30.8 Å². The summed E-state index contributed by atoms with van der Waals surface area (Å²) in [5.74, 6) is -0.419. The molecule has 1 saturated heterocycles. The molecule has 0 saturated carbocycles. The number of nitro benzene ring substituents is 1. The first-order chi connectivity index (χ1) is 14.8. The van der Waals surface area contributed by atoms with Gasteiger partial charge in [0, 0.05) is 64.6 Å². The molecule has 1 fully saturated rings. The molecule has 166 valence electrons. The second kappa shape index (κ2) is 10.1. The molecule has 0 aliphatic carbocycles.